The molecular weight excluding hydrogens is 482 g/mol. The third-order valence-corrected chi connectivity index (χ3v) is 8.53. The van der Waals surface area contributed by atoms with Gasteiger partial charge in [0.05, 0.1) is 0 Å². The van der Waals surface area contributed by atoms with E-state index in [1.807, 2.05) is 0 Å². The molecule has 1 heteroatoms. The fourth-order valence-electron chi connectivity index (χ4n) is 7.01. The van der Waals surface area contributed by atoms with E-state index in [-0.39, 0.29) is 5.92 Å². The Labute approximate surface area is 236 Å². The predicted molar refractivity (Wildman–Crippen MR) is 177 cm³/mol. The molecule has 0 fully saturated rings. The van der Waals surface area contributed by atoms with Gasteiger partial charge in [-0.1, -0.05) is 98.3 Å². The van der Waals surface area contributed by atoms with Crippen LogP contribution in [0.5, 0.6) is 0 Å². The first kappa shape index (κ1) is 24.7. The molecule has 1 N–H and O–H groups in total. The van der Waals surface area contributed by atoms with Crippen molar-refractivity contribution < 1.29 is 0 Å². The number of aromatic amines is 1. The predicted octanol–water partition coefficient (Wildman–Crippen LogP) is 11.5. The van der Waals surface area contributed by atoms with Gasteiger partial charge in [-0.15, -0.1) is 0 Å². The van der Waals surface area contributed by atoms with Gasteiger partial charge in [-0.2, -0.15) is 0 Å². The van der Waals surface area contributed by atoms with E-state index in [1.54, 1.807) is 0 Å². The zero-order valence-corrected chi connectivity index (χ0v) is 24.0. The lowest BCUT2D eigenvalue weighted by Crippen LogP contribution is -2.09. The number of fused-ring (bicyclic) bond motifs is 3. The molecule has 0 radical (unpaired) electrons. The van der Waals surface area contributed by atoms with E-state index in [9.17, 15) is 0 Å². The van der Waals surface area contributed by atoms with Crippen molar-refractivity contribution in [1.29, 1.82) is 0 Å². The molecule has 1 aromatic heterocycles. The maximum atomic E-state index is 3.66. The molecule has 0 aliphatic heterocycles. The van der Waals surface area contributed by atoms with Gasteiger partial charge in [0.25, 0.3) is 0 Å². The maximum absolute atomic E-state index is 3.66. The van der Waals surface area contributed by atoms with Gasteiger partial charge in [0, 0.05) is 28.1 Å². The van der Waals surface area contributed by atoms with Crippen LogP contribution < -0.4 is 0 Å². The Morgan fingerprint density at radius 1 is 0.675 bits per heavy atom. The van der Waals surface area contributed by atoms with Crippen LogP contribution in [0.2, 0.25) is 0 Å². The summed E-state index contributed by atoms with van der Waals surface area (Å²) in [7, 11) is 0. The summed E-state index contributed by atoms with van der Waals surface area (Å²) in [6, 6.07) is 32.3. The van der Waals surface area contributed by atoms with Gasteiger partial charge in [-0.3, -0.25) is 0 Å². The lowest BCUT2D eigenvalue weighted by atomic mass is 9.79. The minimum atomic E-state index is 0.283. The third-order valence-electron chi connectivity index (χ3n) is 8.53. The maximum Gasteiger partial charge on any atom is 0.0465 e. The monoisotopic (exact) mass is 517 g/mol. The highest BCUT2D eigenvalue weighted by atomic mass is 14.7. The summed E-state index contributed by atoms with van der Waals surface area (Å²) in [4.78, 5) is 3.66. The molecule has 0 saturated carbocycles. The second kappa shape index (κ2) is 9.38. The van der Waals surface area contributed by atoms with Crippen LogP contribution in [0, 0.1) is 5.92 Å². The number of nitrogens with one attached hydrogen (secondary N) is 1. The number of hydrogen-bond acceptors (Lipinski definition) is 0. The average molecular weight is 518 g/mol. The van der Waals surface area contributed by atoms with Crippen LogP contribution in [0.1, 0.15) is 62.9 Å². The molecule has 7 rings (SSSR count). The second-order valence-corrected chi connectivity index (χ2v) is 11.9. The van der Waals surface area contributed by atoms with Crippen molar-refractivity contribution in [2.75, 3.05) is 0 Å². The Balaban J connectivity index is 1.50. The summed E-state index contributed by atoms with van der Waals surface area (Å²) in [5.41, 5.74) is 7.68. The normalized spacial score (nSPS) is 13.2. The molecular formula is C39H35N. The van der Waals surface area contributed by atoms with E-state index in [0.717, 1.165) is 0 Å². The molecule has 1 atom stereocenters. The number of aromatic nitrogens is 1. The summed E-state index contributed by atoms with van der Waals surface area (Å²) >= 11 is 0. The standard InChI is InChI=1S/C39H35N/c1-6-10-29-33-21-27(17-18-35(33)40-36(29)19-23(2)3)37(24(4)5)28-20-26-13-9-15-31-30-14-7-11-25-12-8-16-32(38(25)30)34(22-28)39(26)31/h6-22,24,37,40H,1-5H3/b10-6-. The second-order valence-electron chi connectivity index (χ2n) is 11.9. The molecule has 1 nitrogen and oxygen atoms in total. The smallest absolute Gasteiger partial charge is 0.0465 e. The zero-order chi connectivity index (χ0) is 27.5. The highest BCUT2D eigenvalue weighted by Gasteiger charge is 2.22. The summed E-state index contributed by atoms with van der Waals surface area (Å²) < 4.78 is 0. The summed E-state index contributed by atoms with van der Waals surface area (Å²) in [5.74, 6) is 0.726. The van der Waals surface area contributed by atoms with Crippen molar-refractivity contribution in [2.45, 2.75) is 40.5 Å². The largest absolute Gasteiger partial charge is 0.355 e. The van der Waals surface area contributed by atoms with E-state index in [4.69, 9.17) is 0 Å². The Hall–Kier alpha value is -4.36. The molecule has 6 aromatic carbocycles. The third kappa shape index (κ3) is 3.76. The van der Waals surface area contributed by atoms with E-state index in [2.05, 4.69) is 143 Å². The molecule has 1 unspecified atom stereocenters. The van der Waals surface area contributed by atoms with Gasteiger partial charge in [-0.25, -0.2) is 0 Å². The minimum Gasteiger partial charge on any atom is -0.355 e. The van der Waals surface area contributed by atoms with E-state index < -0.39 is 0 Å². The Kier molecular flexibility index (Phi) is 5.78. The Morgan fingerprint density at radius 3 is 1.95 bits per heavy atom. The van der Waals surface area contributed by atoms with E-state index >= 15 is 0 Å². The van der Waals surface area contributed by atoms with Crippen LogP contribution in [0.15, 0.2) is 96.6 Å². The molecule has 0 spiro atoms. The van der Waals surface area contributed by atoms with Gasteiger partial charge in [0.15, 0.2) is 0 Å². The van der Waals surface area contributed by atoms with Gasteiger partial charge in [-0.05, 0) is 105 Å². The summed E-state index contributed by atoms with van der Waals surface area (Å²) in [6.45, 7) is 11.1. The van der Waals surface area contributed by atoms with Crippen LogP contribution in [-0.4, -0.2) is 4.98 Å². The number of H-pyrrole nitrogens is 1. The van der Waals surface area contributed by atoms with Crippen LogP contribution in [0.25, 0.3) is 66.1 Å². The van der Waals surface area contributed by atoms with Crippen LogP contribution in [0.4, 0.5) is 0 Å². The fraction of sp³-hybridized carbons (Fsp3) is 0.179. The van der Waals surface area contributed by atoms with Gasteiger partial charge in [0.2, 0.25) is 0 Å². The number of rotatable bonds is 5. The quantitative estimate of drug-likeness (QED) is 0.173. The van der Waals surface area contributed by atoms with Crippen molar-refractivity contribution in [2.24, 2.45) is 5.92 Å². The molecule has 40 heavy (non-hydrogen) atoms. The van der Waals surface area contributed by atoms with Crippen molar-refractivity contribution in [3.8, 4) is 0 Å². The van der Waals surface area contributed by atoms with Crippen molar-refractivity contribution in [3.05, 3.63) is 119 Å². The first-order valence-corrected chi connectivity index (χ1v) is 14.5. The molecule has 0 aliphatic rings. The first-order chi connectivity index (χ1) is 19.4. The van der Waals surface area contributed by atoms with Crippen LogP contribution in [-0.2, 0) is 0 Å². The number of allylic oxidation sites excluding steroid dienone is 2. The molecule has 7 aromatic rings. The fourth-order valence-corrected chi connectivity index (χ4v) is 7.01. The van der Waals surface area contributed by atoms with Gasteiger partial charge < -0.3 is 4.98 Å². The van der Waals surface area contributed by atoms with Crippen LogP contribution in [0.3, 0.4) is 0 Å². The molecule has 0 aliphatic carbocycles. The average Bonchev–Trinajstić information content (AvgIpc) is 3.27. The zero-order valence-electron chi connectivity index (χ0n) is 24.0. The molecule has 1 heterocycles. The lowest BCUT2D eigenvalue weighted by Gasteiger charge is -2.24. The Morgan fingerprint density at radius 2 is 1.30 bits per heavy atom. The highest BCUT2D eigenvalue weighted by Crippen LogP contribution is 2.43. The highest BCUT2D eigenvalue weighted by molar-refractivity contribution is 6.32. The molecule has 0 saturated heterocycles. The van der Waals surface area contributed by atoms with E-state index in [0.29, 0.717) is 5.92 Å². The first-order valence-electron chi connectivity index (χ1n) is 14.5. The SMILES string of the molecule is C/C=C\c1c(C=C(C)C)[nH]c2ccc(C(c3cc4cccc5c6cccc7cccc(c(c3)c45)c76)C(C)C)cc12. The summed E-state index contributed by atoms with van der Waals surface area (Å²) in [5, 5.41) is 12.1. The van der Waals surface area contributed by atoms with Crippen molar-refractivity contribution in [3.63, 3.8) is 0 Å². The van der Waals surface area contributed by atoms with Crippen molar-refractivity contribution >= 4 is 66.1 Å². The van der Waals surface area contributed by atoms with Gasteiger partial charge in [0.1, 0.15) is 0 Å². The molecule has 196 valence electrons. The van der Waals surface area contributed by atoms with Gasteiger partial charge >= 0.3 is 0 Å². The number of hydrogen-bond donors (Lipinski definition) is 1. The van der Waals surface area contributed by atoms with E-state index in [1.165, 1.54) is 82.0 Å². The topological polar surface area (TPSA) is 15.8 Å². The Bertz CT molecular complexity index is 2110. The van der Waals surface area contributed by atoms with Crippen LogP contribution >= 0.6 is 0 Å². The molecule has 0 bridgehead atoms. The van der Waals surface area contributed by atoms with Crippen molar-refractivity contribution in [1.82, 2.24) is 4.98 Å². The molecule has 0 amide bonds. The number of benzene rings is 6. The minimum absolute atomic E-state index is 0.283. The lowest BCUT2D eigenvalue weighted by molar-refractivity contribution is 0.565. The summed E-state index contributed by atoms with van der Waals surface area (Å²) in [6.07, 6.45) is 6.63.